The van der Waals surface area contributed by atoms with Crippen molar-refractivity contribution < 1.29 is 0 Å². The van der Waals surface area contributed by atoms with Gasteiger partial charge in [-0.3, -0.25) is 0 Å². The first-order valence-electron chi connectivity index (χ1n) is 6.84. The van der Waals surface area contributed by atoms with Gasteiger partial charge in [-0.05, 0) is 36.1 Å². The highest BCUT2D eigenvalue weighted by molar-refractivity contribution is 7.80. The Morgan fingerprint density at radius 3 is 2.72 bits per heavy atom. The Morgan fingerprint density at radius 2 is 1.94 bits per heavy atom. The summed E-state index contributed by atoms with van der Waals surface area (Å²) in [7, 11) is 0. The van der Waals surface area contributed by atoms with Gasteiger partial charge in [0.05, 0.1) is 17.4 Å². The third kappa shape index (κ3) is 2.16. The Balaban J connectivity index is 1.90. The van der Waals surface area contributed by atoms with E-state index in [9.17, 15) is 0 Å². The zero-order valence-corrected chi connectivity index (χ0v) is 11.6. The lowest BCUT2D eigenvalue weighted by atomic mass is 9.75. The largest absolute Gasteiger partial charge is 0.330 e. The van der Waals surface area contributed by atoms with Gasteiger partial charge < -0.3 is 4.57 Å². The zero-order valence-electron chi connectivity index (χ0n) is 10.7. The Morgan fingerprint density at radius 1 is 1.17 bits per heavy atom. The number of hydrogen-bond donors (Lipinski definition) is 1. The number of thiol groups is 1. The van der Waals surface area contributed by atoms with Crippen molar-refractivity contribution >= 4 is 23.7 Å². The van der Waals surface area contributed by atoms with E-state index in [4.69, 9.17) is 0 Å². The lowest BCUT2D eigenvalue weighted by Crippen LogP contribution is -2.31. The maximum absolute atomic E-state index is 4.62. The molecule has 0 radical (unpaired) electrons. The molecule has 0 N–H and O–H groups in total. The molecule has 3 heteroatoms. The van der Waals surface area contributed by atoms with Crippen molar-refractivity contribution in [3.05, 3.63) is 30.6 Å². The molecule has 1 saturated carbocycles. The molecule has 2 aromatic rings. The summed E-state index contributed by atoms with van der Waals surface area (Å²) in [6, 6.07) is 8.39. The maximum atomic E-state index is 4.62. The summed E-state index contributed by atoms with van der Waals surface area (Å²) in [5.41, 5.74) is 2.73. The number of rotatable bonds is 3. The van der Waals surface area contributed by atoms with E-state index in [2.05, 4.69) is 46.4 Å². The zero-order chi connectivity index (χ0) is 12.4. The molecule has 2 nitrogen and oxygen atoms in total. The van der Waals surface area contributed by atoms with E-state index in [1.165, 1.54) is 37.6 Å². The summed E-state index contributed by atoms with van der Waals surface area (Å²) in [5.74, 6) is 0.986. The van der Waals surface area contributed by atoms with Gasteiger partial charge in [0.2, 0.25) is 0 Å². The maximum Gasteiger partial charge on any atom is 0.0958 e. The number of aromatic nitrogens is 2. The molecule has 0 unspecified atom stereocenters. The minimum atomic E-state index is 0.380. The number of imidazole rings is 1. The summed E-state index contributed by atoms with van der Waals surface area (Å²) in [4.78, 5) is 4.49. The molecule has 1 fully saturated rings. The molecule has 1 aromatic carbocycles. The van der Waals surface area contributed by atoms with E-state index in [1.54, 1.807) is 0 Å². The molecular weight excluding hydrogens is 240 g/mol. The number of benzene rings is 1. The predicted molar refractivity (Wildman–Crippen MR) is 79.1 cm³/mol. The Kier molecular flexibility index (Phi) is 3.33. The molecule has 0 aliphatic heterocycles. The molecule has 0 atom stereocenters. The van der Waals surface area contributed by atoms with Gasteiger partial charge in [0.1, 0.15) is 0 Å². The van der Waals surface area contributed by atoms with Crippen LogP contribution in [-0.4, -0.2) is 15.3 Å². The van der Waals surface area contributed by atoms with Crippen molar-refractivity contribution in [2.45, 2.75) is 38.6 Å². The van der Waals surface area contributed by atoms with Crippen LogP contribution in [-0.2, 0) is 6.54 Å². The molecule has 1 aliphatic carbocycles. The van der Waals surface area contributed by atoms with Crippen LogP contribution < -0.4 is 0 Å². The highest BCUT2D eigenvalue weighted by Gasteiger charge is 2.31. The normalized spacial score (nSPS) is 19.2. The summed E-state index contributed by atoms with van der Waals surface area (Å²) in [6.07, 6.45) is 8.71. The minimum Gasteiger partial charge on any atom is -0.330 e. The predicted octanol–water partition coefficient (Wildman–Crippen LogP) is 3.92. The first-order chi connectivity index (χ1) is 8.83. The standard InChI is InChI=1S/C15H20N2S/c18-11-15(8-4-1-5-9-15)10-17-12-16-13-6-2-3-7-14(13)17/h2-3,6-7,12,18H,1,4-5,8-11H2. The quantitative estimate of drug-likeness (QED) is 0.828. The van der Waals surface area contributed by atoms with Crippen molar-refractivity contribution in [1.29, 1.82) is 0 Å². The van der Waals surface area contributed by atoms with Crippen molar-refractivity contribution in [2.24, 2.45) is 5.41 Å². The van der Waals surface area contributed by atoms with Crippen molar-refractivity contribution in [2.75, 3.05) is 5.75 Å². The first kappa shape index (κ1) is 12.1. The van der Waals surface area contributed by atoms with Crippen LogP contribution in [0.15, 0.2) is 30.6 Å². The molecule has 0 bridgehead atoms. The van der Waals surface area contributed by atoms with Crippen molar-refractivity contribution in [3.8, 4) is 0 Å². The fourth-order valence-corrected chi connectivity index (χ4v) is 3.58. The van der Waals surface area contributed by atoms with Crippen LogP contribution in [0.5, 0.6) is 0 Å². The molecule has 0 amide bonds. The summed E-state index contributed by atoms with van der Waals surface area (Å²) in [5, 5.41) is 0. The van der Waals surface area contributed by atoms with Gasteiger partial charge in [0, 0.05) is 6.54 Å². The number of nitrogens with zero attached hydrogens (tertiary/aromatic N) is 2. The first-order valence-corrected chi connectivity index (χ1v) is 7.47. The van der Waals surface area contributed by atoms with Crippen molar-refractivity contribution in [1.82, 2.24) is 9.55 Å². The Labute approximate surface area is 114 Å². The number of fused-ring (bicyclic) bond motifs is 1. The average Bonchev–Trinajstić information content (AvgIpc) is 2.83. The molecule has 3 rings (SSSR count). The smallest absolute Gasteiger partial charge is 0.0958 e. The Hall–Kier alpha value is -0.960. The molecular formula is C15H20N2S. The molecule has 1 aliphatic rings. The molecule has 18 heavy (non-hydrogen) atoms. The van der Waals surface area contributed by atoms with E-state index in [0.29, 0.717) is 5.41 Å². The van der Waals surface area contributed by atoms with Crippen molar-refractivity contribution in [3.63, 3.8) is 0 Å². The summed E-state index contributed by atoms with van der Waals surface area (Å²) >= 11 is 4.62. The average molecular weight is 260 g/mol. The number of hydrogen-bond acceptors (Lipinski definition) is 2. The van der Waals surface area contributed by atoms with Gasteiger partial charge in [-0.1, -0.05) is 31.4 Å². The minimum absolute atomic E-state index is 0.380. The summed E-state index contributed by atoms with van der Waals surface area (Å²) < 4.78 is 2.32. The second-order valence-electron chi connectivity index (χ2n) is 5.58. The van der Waals surface area contributed by atoms with Crippen LogP contribution in [0.25, 0.3) is 11.0 Å². The third-order valence-corrected chi connectivity index (χ3v) is 4.95. The summed E-state index contributed by atoms with van der Waals surface area (Å²) in [6.45, 7) is 1.07. The molecule has 96 valence electrons. The van der Waals surface area contributed by atoms with Crippen LogP contribution in [0.2, 0.25) is 0 Å². The third-order valence-electron chi connectivity index (χ3n) is 4.28. The molecule has 1 heterocycles. The van der Waals surface area contributed by atoms with Crippen LogP contribution in [0.1, 0.15) is 32.1 Å². The highest BCUT2D eigenvalue weighted by Crippen LogP contribution is 2.39. The highest BCUT2D eigenvalue weighted by atomic mass is 32.1. The molecule has 1 aromatic heterocycles. The lowest BCUT2D eigenvalue weighted by molar-refractivity contribution is 0.192. The SMILES string of the molecule is SCC1(Cn2cnc3ccccc32)CCCCC1. The van der Waals surface area contributed by atoms with Crippen LogP contribution in [0.3, 0.4) is 0 Å². The lowest BCUT2D eigenvalue weighted by Gasteiger charge is -2.36. The van der Waals surface area contributed by atoms with E-state index in [1.807, 2.05) is 6.33 Å². The van der Waals surface area contributed by atoms with Crippen LogP contribution in [0.4, 0.5) is 0 Å². The monoisotopic (exact) mass is 260 g/mol. The van der Waals surface area contributed by atoms with Gasteiger partial charge in [-0.25, -0.2) is 4.98 Å². The van der Waals surface area contributed by atoms with E-state index < -0.39 is 0 Å². The Bertz CT molecular complexity index is 526. The van der Waals surface area contributed by atoms with E-state index in [0.717, 1.165) is 17.8 Å². The molecule has 0 saturated heterocycles. The fraction of sp³-hybridized carbons (Fsp3) is 0.533. The number of para-hydroxylation sites is 2. The molecule has 0 spiro atoms. The van der Waals surface area contributed by atoms with Gasteiger partial charge >= 0.3 is 0 Å². The van der Waals surface area contributed by atoms with Crippen LogP contribution >= 0.6 is 12.6 Å². The van der Waals surface area contributed by atoms with Crippen LogP contribution in [0, 0.1) is 5.41 Å². The second-order valence-corrected chi connectivity index (χ2v) is 5.90. The topological polar surface area (TPSA) is 17.8 Å². The van der Waals surface area contributed by atoms with E-state index in [-0.39, 0.29) is 0 Å². The fourth-order valence-electron chi connectivity index (χ4n) is 3.17. The van der Waals surface area contributed by atoms with Gasteiger partial charge in [0.15, 0.2) is 0 Å². The van der Waals surface area contributed by atoms with Gasteiger partial charge in [-0.15, -0.1) is 0 Å². The van der Waals surface area contributed by atoms with Gasteiger partial charge in [-0.2, -0.15) is 12.6 Å². The van der Waals surface area contributed by atoms with Gasteiger partial charge in [0.25, 0.3) is 0 Å². The second kappa shape index (κ2) is 4.96. The van der Waals surface area contributed by atoms with E-state index >= 15 is 0 Å².